The van der Waals surface area contributed by atoms with Gasteiger partial charge in [-0.25, -0.2) is 4.98 Å². The maximum atomic E-state index is 5.53. The molecule has 1 unspecified atom stereocenters. The normalized spacial score (nSPS) is 12.2. The van der Waals surface area contributed by atoms with E-state index in [-0.39, 0.29) is 6.04 Å². The molecule has 0 spiro atoms. The summed E-state index contributed by atoms with van der Waals surface area (Å²) in [5, 5.41) is 3.26. The first-order chi connectivity index (χ1) is 8.69. The summed E-state index contributed by atoms with van der Waals surface area (Å²) in [6.07, 6.45) is 1.92. The van der Waals surface area contributed by atoms with Gasteiger partial charge in [0.1, 0.15) is 0 Å². The second kappa shape index (κ2) is 7.87. The summed E-state index contributed by atoms with van der Waals surface area (Å²) in [4.78, 5) is 8.70. The van der Waals surface area contributed by atoms with E-state index in [9.17, 15) is 0 Å². The van der Waals surface area contributed by atoms with Crippen molar-refractivity contribution in [3.8, 4) is 5.88 Å². The second-order valence-electron chi connectivity index (χ2n) is 4.22. The number of ether oxygens (including phenoxy) is 2. The Morgan fingerprint density at radius 3 is 2.72 bits per heavy atom. The van der Waals surface area contributed by atoms with Crippen molar-refractivity contribution in [2.24, 2.45) is 0 Å². The minimum atomic E-state index is 0.218. The summed E-state index contributed by atoms with van der Waals surface area (Å²) in [6, 6.07) is 2.06. The zero-order chi connectivity index (χ0) is 13.4. The quantitative estimate of drug-likeness (QED) is 0.771. The van der Waals surface area contributed by atoms with Crippen LogP contribution < -0.4 is 10.1 Å². The van der Waals surface area contributed by atoms with E-state index in [0.29, 0.717) is 25.0 Å². The fraction of sp³-hybridized carbons (Fsp3) is 0.692. The number of aryl methyl sites for hydroxylation is 1. The molecule has 0 aliphatic carbocycles. The van der Waals surface area contributed by atoms with Crippen molar-refractivity contribution in [2.75, 3.05) is 25.6 Å². The topological polar surface area (TPSA) is 56.3 Å². The standard InChI is InChI=1S/C13H23N3O2/c1-5-7-18-12-8-10(3)14-13(16-12)15-11(6-2)9-17-4/h8,11H,5-7,9H2,1-4H3,(H,14,15,16). The molecule has 1 atom stereocenters. The van der Waals surface area contributed by atoms with Gasteiger partial charge in [0.25, 0.3) is 0 Å². The van der Waals surface area contributed by atoms with Crippen molar-refractivity contribution in [1.82, 2.24) is 9.97 Å². The zero-order valence-corrected chi connectivity index (χ0v) is 11.7. The molecule has 0 amide bonds. The minimum Gasteiger partial charge on any atom is -0.478 e. The van der Waals surface area contributed by atoms with Crippen molar-refractivity contribution in [3.05, 3.63) is 11.8 Å². The maximum Gasteiger partial charge on any atom is 0.226 e. The highest BCUT2D eigenvalue weighted by molar-refractivity contribution is 5.31. The van der Waals surface area contributed by atoms with Gasteiger partial charge in [0.2, 0.25) is 11.8 Å². The van der Waals surface area contributed by atoms with Crippen LogP contribution in [0.5, 0.6) is 5.88 Å². The third-order valence-electron chi connectivity index (χ3n) is 2.48. The number of hydrogen-bond acceptors (Lipinski definition) is 5. The molecule has 0 radical (unpaired) electrons. The van der Waals surface area contributed by atoms with Crippen molar-refractivity contribution in [2.45, 2.75) is 39.7 Å². The van der Waals surface area contributed by atoms with Crippen LogP contribution in [0.1, 0.15) is 32.4 Å². The van der Waals surface area contributed by atoms with Crippen molar-refractivity contribution >= 4 is 5.95 Å². The molecule has 0 aliphatic heterocycles. The summed E-state index contributed by atoms with van der Waals surface area (Å²) in [6.45, 7) is 7.41. The molecule has 1 rings (SSSR count). The summed E-state index contributed by atoms with van der Waals surface area (Å²) in [5.74, 6) is 1.23. The molecular formula is C13H23N3O2. The molecule has 5 nitrogen and oxygen atoms in total. The van der Waals surface area contributed by atoms with Gasteiger partial charge < -0.3 is 14.8 Å². The summed E-state index contributed by atoms with van der Waals surface area (Å²) in [7, 11) is 1.69. The van der Waals surface area contributed by atoms with Crippen molar-refractivity contribution < 1.29 is 9.47 Å². The molecule has 0 fully saturated rings. The van der Waals surface area contributed by atoms with Gasteiger partial charge in [-0.05, 0) is 19.8 Å². The fourth-order valence-corrected chi connectivity index (χ4v) is 1.53. The number of nitrogens with zero attached hydrogens (tertiary/aromatic N) is 2. The molecule has 0 bridgehead atoms. The number of hydrogen-bond donors (Lipinski definition) is 1. The summed E-state index contributed by atoms with van der Waals surface area (Å²) < 4.78 is 10.7. The first-order valence-electron chi connectivity index (χ1n) is 6.43. The Labute approximate surface area is 109 Å². The van der Waals surface area contributed by atoms with E-state index in [2.05, 4.69) is 29.1 Å². The fourth-order valence-electron chi connectivity index (χ4n) is 1.53. The first kappa shape index (κ1) is 14.7. The van der Waals surface area contributed by atoms with Crippen LogP contribution >= 0.6 is 0 Å². The molecule has 102 valence electrons. The highest BCUT2D eigenvalue weighted by Gasteiger charge is 2.09. The lowest BCUT2D eigenvalue weighted by atomic mass is 10.2. The first-order valence-corrected chi connectivity index (χ1v) is 6.43. The number of methoxy groups -OCH3 is 1. The Kier molecular flexibility index (Phi) is 6.43. The van der Waals surface area contributed by atoms with Gasteiger partial charge >= 0.3 is 0 Å². The van der Waals surface area contributed by atoms with Crippen molar-refractivity contribution in [1.29, 1.82) is 0 Å². The smallest absolute Gasteiger partial charge is 0.226 e. The SMILES string of the molecule is CCCOc1cc(C)nc(NC(CC)COC)n1. The van der Waals surface area contributed by atoms with Crippen LogP contribution in [0.15, 0.2) is 6.07 Å². The van der Waals surface area contributed by atoms with Crippen LogP contribution in [0.2, 0.25) is 0 Å². The molecule has 0 saturated heterocycles. The van der Waals surface area contributed by atoms with Gasteiger partial charge in [0.15, 0.2) is 0 Å². The van der Waals surface area contributed by atoms with E-state index in [1.165, 1.54) is 0 Å². The van der Waals surface area contributed by atoms with Crippen LogP contribution in [0.25, 0.3) is 0 Å². The largest absolute Gasteiger partial charge is 0.478 e. The summed E-state index contributed by atoms with van der Waals surface area (Å²) in [5.41, 5.74) is 0.894. The average molecular weight is 253 g/mol. The highest BCUT2D eigenvalue weighted by atomic mass is 16.5. The van der Waals surface area contributed by atoms with Gasteiger partial charge in [-0.3, -0.25) is 0 Å². The van der Waals surface area contributed by atoms with Crippen LogP contribution in [-0.4, -0.2) is 36.3 Å². The van der Waals surface area contributed by atoms with Gasteiger partial charge in [0.05, 0.1) is 19.3 Å². The predicted octanol–water partition coefficient (Wildman–Crippen LogP) is 2.41. The molecule has 18 heavy (non-hydrogen) atoms. The Morgan fingerprint density at radius 2 is 2.11 bits per heavy atom. The van der Waals surface area contributed by atoms with Crippen LogP contribution in [0.3, 0.4) is 0 Å². The monoisotopic (exact) mass is 253 g/mol. The third-order valence-corrected chi connectivity index (χ3v) is 2.48. The van der Waals surface area contributed by atoms with Crippen LogP contribution in [-0.2, 0) is 4.74 Å². The molecule has 1 aromatic rings. The van der Waals surface area contributed by atoms with E-state index >= 15 is 0 Å². The lowest BCUT2D eigenvalue weighted by Crippen LogP contribution is -2.25. The van der Waals surface area contributed by atoms with E-state index in [1.54, 1.807) is 7.11 Å². The van der Waals surface area contributed by atoms with Crippen molar-refractivity contribution in [3.63, 3.8) is 0 Å². The lowest BCUT2D eigenvalue weighted by molar-refractivity contribution is 0.184. The van der Waals surface area contributed by atoms with Gasteiger partial charge in [-0.1, -0.05) is 13.8 Å². The van der Waals surface area contributed by atoms with Gasteiger partial charge in [-0.15, -0.1) is 0 Å². The van der Waals surface area contributed by atoms with Crippen LogP contribution in [0, 0.1) is 6.92 Å². The van der Waals surface area contributed by atoms with Gasteiger partial charge in [-0.2, -0.15) is 4.98 Å². The molecule has 0 aromatic carbocycles. The maximum absolute atomic E-state index is 5.53. The molecule has 0 aliphatic rings. The average Bonchev–Trinajstić information content (AvgIpc) is 2.35. The van der Waals surface area contributed by atoms with E-state index < -0.39 is 0 Å². The Bertz CT molecular complexity index is 358. The summed E-state index contributed by atoms with van der Waals surface area (Å²) >= 11 is 0. The molecule has 1 N–H and O–H groups in total. The second-order valence-corrected chi connectivity index (χ2v) is 4.22. The number of nitrogens with one attached hydrogen (secondary N) is 1. The Morgan fingerprint density at radius 1 is 1.33 bits per heavy atom. The molecule has 1 heterocycles. The number of anilines is 1. The van der Waals surface area contributed by atoms with E-state index in [0.717, 1.165) is 18.5 Å². The molecule has 5 heteroatoms. The lowest BCUT2D eigenvalue weighted by Gasteiger charge is -2.16. The molecular weight excluding hydrogens is 230 g/mol. The highest BCUT2D eigenvalue weighted by Crippen LogP contribution is 2.13. The van der Waals surface area contributed by atoms with E-state index in [4.69, 9.17) is 9.47 Å². The molecule has 0 saturated carbocycles. The third kappa shape index (κ3) is 4.87. The Balaban J connectivity index is 2.71. The van der Waals surface area contributed by atoms with Gasteiger partial charge in [0, 0.05) is 18.9 Å². The van der Waals surface area contributed by atoms with Crippen LogP contribution in [0.4, 0.5) is 5.95 Å². The predicted molar refractivity (Wildman–Crippen MR) is 72.1 cm³/mol. The zero-order valence-electron chi connectivity index (χ0n) is 11.7. The number of rotatable bonds is 8. The van der Waals surface area contributed by atoms with E-state index in [1.807, 2.05) is 13.0 Å². The number of aromatic nitrogens is 2. The molecule has 1 aromatic heterocycles. The Hall–Kier alpha value is -1.36. The minimum absolute atomic E-state index is 0.218.